The van der Waals surface area contributed by atoms with Crippen LogP contribution in [0, 0.1) is 0 Å². The molecule has 3 heteroatoms. The highest BCUT2D eigenvalue weighted by atomic mass is 16.7. The van der Waals surface area contributed by atoms with Crippen LogP contribution >= 0.6 is 0 Å². The molecule has 0 atom stereocenters. The summed E-state index contributed by atoms with van der Waals surface area (Å²) >= 11 is 0. The molecule has 3 nitrogen and oxygen atoms in total. The number of ether oxygens (including phenoxy) is 2. The molecule has 2 rings (SSSR count). The van der Waals surface area contributed by atoms with E-state index >= 15 is 0 Å². The fourth-order valence-electron chi connectivity index (χ4n) is 4.72. The Kier molecular flexibility index (Phi) is 16.5. The zero-order valence-corrected chi connectivity index (χ0v) is 23.1. The fraction of sp³-hybridized carbons (Fsp3) is 0.606. The molecule has 0 aliphatic heterocycles. The van der Waals surface area contributed by atoms with Crippen LogP contribution in [0.1, 0.15) is 128 Å². The third-order valence-corrected chi connectivity index (χ3v) is 6.93. The first-order chi connectivity index (χ1) is 17.7. The van der Waals surface area contributed by atoms with Crippen molar-refractivity contribution in [3.8, 4) is 11.5 Å². The Balaban J connectivity index is 1.75. The maximum absolute atomic E-state index is 12.6. The Morgan fingerprint density at radius 3 is 1.22 bits per heavy atom. The lowest BCUT2D eigenvalue weighted by Crippen LogP contribution is -2.15. The summed E-state index contributed by atoms with van der Waals surface area (Å²) in [4.78, 5) is 12.6. The van der Waals surface area contributed by atoms with E-state index in [9.17, 15) is 4.79 Å². The van der Waals surface area contributed by atoms with Gasteiger partial charge in [0.2, 0.25) is 0 Å². The minimum absolute atomic E-state index is 0.617. The van der Waals surface area contributed by atoms with Crippen molar-refractivity contribution in [2.75, 3.05) is 0 Å². The summed E-state index contributed by atoms with van der Waals surface area (Å²) in [5.74, 6) is 1.23. The maximum atomic E-state index is 12.6. The number of aryl methyl sites for hydroxylation is 2. The molecule has 0 aromatic heterocycles. The van der Waals surface area contributed by atoms with Crippen LogP contribution in [0.2, 0.25) is 0 Å². The Morgan fingerprint density at radius 2 is 0.833 bits per heavy atom. The molecule has 0 N–H and O–H groups in total. The first-order valence-corrected chi connectivity index (χ1v) is 14.8. The van der Waals surface area contributed by atoms with Gasteiger partial charge in [0.05, 0.1) is 0 Å². The molecule has 0 unspecified atom stereocenters. The second-order valence-corrected chi connectivity index (χ2v) is 10.1. The van der Waals surface area contributed by atoms with Gasteiger partial charge in [0.1, 0.15) is 11.5 Å². The predicted molar refractivity (Wildman–Crippen MR) is 152 cm³/mol. The number of para-hydroxylation sites is 2. The molecular formula is C33H50O3. The van der Waals surface area contributed by atoms with Gasteiger partial charge in [-0.2, -0.15) is 0 Å². The van der Waals surface area contributed by atoms with Crippen LogP contribution < -0.4 is 9.47 Å². The Morgan fingerprint density at radius 1 is 0.500 bits per heavy atom. The van der Waals surface area contributed by atoms with E-state index in [4.69, 9.17) is 9.47 Å². The van der Waals surface area contributed by atoms with E-state index in [0.717, 1.165) is 36.8 Å². The Hall–Kier alpha value is -2.29. The number of benzene rings is 2. The SMILES string of the molecule is CCCCCCCCCCc1ccccc1OC(=O)Oc1ccccc1CCCCCCCCCC. The van der Waals surface area contributed by atoms with Crippen molar-refractivity contribution in [3.63, 3.8) is 0 Å². The minimum atomic E-state index is -0.651. The standard InChI is InChI=1S/C33H50O3/c1-3-5-7-9-11-13-15-17-23-29-25-19-21-27-31(29)35-33(34)36-32-28-22-20-26-30(32)24-18-16-14-12-10-8-6-4-2/h19-22,25-28H,3-18,23-24H2,1-2H3. The molecule has 0 spiro atoms. The number of hydrogen-bond acceptors (Lipinski definition) is 3. The van der Waals surface area contributed by atoms with Crippen LogP contribution in [0.5, 0.6) is 11.5 Å². The summed E-state index contributed by atoms with van der Waals surface area (Å²) in [6.07, 6.45) is 21.8. The molecule has 200 valence electrons. The highest BCUT2D eigenvalue weighted by Gasteiger charge is 2.13. The van der Waals surface area contributed by atoms with Crippen molar-refractivity contribution in [3.05, 3.63) is 59.7 Å². The number of carbonyl (C=O) groups excluding carboxylic acids is 1. The molecule has 0 fully saturated rings. The molecule has 0 aliphatic rings. The van der Waals surface area contributed by atoms with Crippen LogP contribution in [0.4, 0.5) is 4.79 Å². The fourth-order valence-corrected chi connectivity index (χ4v) is 4.72. The third-order valence-electron chi connectivity index (χ3n) is 6.93. The van der Waals surface area contributed by atoms with E-state index in [-0.39, 0.29) is 0 Å². The minimum Gasteiger partial charge on any atom is -0.394 e. The van der Waals surface area contributed by atoms with Crippen molar-refractivity contribution >= 4 is 6.16 Å². The number of carbonyl (C=O) groups is 1. The summed E-state index contributed by atoms with van der Waals surface area (Å²) in [5, 5.41) is 0. The lowest BCUT2D eigenvalue weighted by molar-refractivity contribution is 0.151. The molecule has 0 radical (unpaired) electrons. The molecule has 0 heterocycles. The van der Waals surface area contributed by atoms with Gasteiger partial charge >= 0.3 is 6.16 Å². The highest BCUT2D eigenvalue weighted by molar-refractivity contribution is 5.68. The van der Waals surface area contributed by atoms with Gasteiger partial charge in [-0.3, -0.25) is 0 Å². The van der Waals surface area contributed by atoms with E-state index in [0.29, 0.717) is 11.5 Å². The van der Waals surface area contributed by atoms with Crippen LogP contribution in [0.3, 0.4) is 0 Å². The number of rotatable bonds is 20. The summed E-state index contributed by atoms with van der Waals surface area (Å²) in [7, 11) is 0. The maximum Gasteiger partial charge on any atom is 0.519 e. The van der Waals surface area contributed by atoms with E-state index in [2.05, 4.69) is 26.0 Å². The highest BCUT2D eigenvalue weighted by Crippen LogP contribution is 2.24. The van der Waals surface area contributed by atoms with Gasteiger partial charge in [0, 0.05) is 0 Å². The first-order valence-electron chi connectivity index (χ1n) is 14.8. The molecule has 36 heavy (non-hydrogen) atoms. The monoisotopic (exact) mass is 494 g/mol. The molecule has 0 saturated heterocycles. The van der Waals surface area contributed by atoms with Gasteiger partial charge in [-0.1, -0.05) is 140 Å². The van der Waals surface area contributed by atoms with Crippen LogP contribution in [-0.4, -0.2) is 6.16 Å². The molecular weight excluding hydrogens is 444 g/mol. The lowest BCUT2D eigenvalue weighted by Gasteiger charge is -2.12. The normalized spacial score (nSPS) is 10.9. The van der Waals surface area contributed by atoms with E-state index < -0.39 is 6.16 Å². The Labute approximate surface area is 221 Å². The van der Waals surface area contributed by atoms with Gasteiger partial charge in [-0.25, -0.2) is 4.79 Å². The summed E-state index contributed by atoms with van der Waals surface area (Å²) in [6.45, 7) is 4.51. The Bertz CT molecular complexity index is 762. The molecule has 2 aromatic rings. The summed E-state index contributed by atoms with van der Waals surface area (Å²) < 4.78 is 11.3. The second-order valence-electron chi connectivity index (χ2n) is 10.1. The lowest BCUT2D eigenvalue weighted by atomic mass is 10.0. The van der Waals surface area contributed by atoms with Gasteiger partial charge in [0.15, 0.2) is 0 Å². The van der Waals surface area contributed by atoms with Gasteiger partial charge < -0.3 is 9.47 Å². The van der Waals surface area contributed by atoms with Gasteiger partial charge in [-0.15, -0.1) is 0 Å². The largest absolute Gasteiger partial charge is 0.519 e. The van der Waals surface area contributed by atoms with Crippen molar-refractivity contribution in [1.29, 1.82) is 0 Å². The third kappa shape index (κ3) is 13.1. The molecule has 0 aliphatic carbocycles. The van der Waals surface area contributed by atoms with Gasteiger partial charge in [0.25, 0.3) is 0 Å². The predicted octanol–water partition coefficient (Wildman–Crippen LogP) is 10.6. The molecule has 2 aromatic carbocycles. The summed E-state index contributed by atoms with van der Waals surface area (Å²) in [6, 6.07) is 15.7. The van der Waals surface area contributed by atoms with Gasteiger partial charge in [-0.05, 0) is 48.9 Å². The van der Waals surface area contributed by atoms with E-state index in [1.54, 1.807) is 0 Å². The molecule has 0 amide bonds. The molecule has 0 bridgehead atoms. The first kappa shape index (κ1) is 29.9. The van der Waals surface area contributed by atoms with Crippen LogP contribution in [0.15, 0.2) is 48.5 Å². The topological polar surface area (TPSA) is 35.5 Å². The smallest absolute Gasteiger partial charge is 0.394 e. The second kappa shape index (κ2) is 19.8. The van der Waals surface area contributed by atoms with E-state index in [1.807, 2.05) is 36.4 Å². The quantitative estimate of drug-likeness (QED) is 0.104. The molecule has 0 saturated carbocycles. The average molecular weight is 495 g/mol. The van der Waals surface area contributed by atoms with Crippen LogP contribution in [0.25, 0.3) is 0 Å². The zero-order chi connectivity index (χ0) is 25.7. The van der Waals surface area contributed by atoms with Crippen molar-refractivity contribution in [2.45, 2.75) is 129 Å². The average Bonchev–Trinajstić information content (AvgIpc) is 2.89. The number of unbranched alkanes of at least 4 members (excludes halogenated alkanes) is 14. The van der Waals surface area contributed by atoms with Crippen molar-refractivity contribution in [1.82, 2.24) is 0 Å². The van der Waals surface area contributed by atoms with Crippen LogP contribution in [-0.2, 0) is 12.8 Å². The summed E-state index contributed by atoms with van der Waals surface area (Å²) in [5.41, 5.74) is 2.15. The van der Waals surface area contributed by atoms with Crippen molar-refractivity contribution < 1.29 is 14.3 Å². The van der Waals surface area contributed by atoms with E-state index in [1.165, 1.54) is 89.9 Å². The zero-order valence-electron chi connectivity index (χ0n) is 23.1. The van der Waals surface area contributed by atoms with Crippen molar-refractivity contribution in [2.24, 2.45) is 0 Å². The number of hydrogen-bond donors (Lipinski definition) is 0.